The molecule has 6 heteroatoms. The third kappa shape index (κ3) is 4.08. The predicted molar refractivity (Wildman–Crippen MR) is 91.4 cm³/mol. The van der Waals surface area contributed by atoms with Gasteiger partial charge in [0.25, 0.3) is 0 Å². The zero-order valence-electron chi connectivity index (χ0n) is 13.2. The molecule has 0 saturated heterocycles. The van der Waals surface area contributed by atoms with Crippen molar-refractivity contribution in [3.05, 3.63) is 64.6 Å². The molecule has 1 aromatic carbocycles. The highest BCUT2D eigenvalue weighted by molar-refractivity contribution is 7.13. The highest BCUT2D eigenvalue weighted by Crippen LogP contribution is 2.25. The molecule has 4 nitrogen and oxygen atoms in total. The molecule has 124 valence electrons. The molecule has 0 aliphatic carbocycles. The zero-order chi connectivity index (χ0) is 16.9. The van der Waals surface area contributed by atoms with Gasteiger partial charge in [-0.2, -0.15) is 0 Å². The van der Waals surface area contributed by atoms with Gasteiger partial charge < -0.3 is 9.73 Å². The number of carbonyl (C=O) groups is 1. The maximum absolute atomic E-state index is 13.5. The molecule has 0 fully saturated rings. The second-order valence-electron chi connectivity index (χ2n) is 5.42. The lowest BCUT2D eigenvalue weighted by atomic mass is 10.1. The average molecular weight is 344 g/mol. The van der Waals surface area contributed by atoms with Gasteiger partial charge in [0.15, 0.2) is 10.8 Å². The predicted octanol–water partition coefficient (Wildman–Crippen LogP) is 3.75. The van der Waals surface area contributed by atoms with E-state index < -0.39 is 0 Å². The fourth-order valence-corrected chi connectivity index (χ4v) is 3.10. The van der Waals surface area contributed by atoms with Crippen molar-refractivity contribution in [3.8, 4) is 10.8 Å². The molecule has 0 spiro atoms. The molecule has 3 aromatic rings. The first-order chi connectivity index (χ1) is 11.6. The number of carbonyl (C=O) groups excluding carboxylic acids is 1. The monoisotopic (exact) mass is 344 g/mol. The summed E-state index contributed by atoms with van der Waals surface area (Å²) in [5.74, 6) is 1.17. The largest absolute Gasteiger partial charge is 0.459 e. The first-order valence-electron chi connectivity index (χ1n) is 7.63. The third-order valence-corrected chi connectivity index (χ3v) is 4.42. The first kappa shape index (κ1) is 16.4. The van der Waals surface area contributed by atoms with Crippen molar-refractivity contribution in [1.82, 2.24) is 10.3 Å². The fourth-order valence-electron chi connectivity index (χ4n) is 2.32. The van der Waals surface area contributed by atoms with Crippen LogP contribution in [0.1, 0.15) is 17.0 Å². The van der Waals surface area contributed by atoms with E-state index in [4.69, 9.17) is 4.42 Å². The first-order valence-corrected chi connectivity index (χ1v) is 8.51. The minimum absolute atomic E-state index is 0.126. The van der Waals surface area contributed by atoms with Crippen molar-refractivity contribution in [2.75, 3.05) is 6.54 Å². The van der Waals surface area contributed by atoms with Crippen LogP contribution < -0.4 is 5.32 Å². The van der Waals surface area contributed by atoms with E-state index in [0.717, 1.165) is 10.8 Å². The van der Waals surface area contributed by atoms with Gasteiger partial charge in [0.05, 0.1) is 12.1 Å². The number of aromatic nitrogens is 1. The number of rotatable bonds is 6. The Morgan fingerprint density at radius 2 is 2.12 bits per heavy atom. The van der Waals surface area contributed by atoms with E-state index in [9.17, 15) is 9.18 Å². The Morgan fingerprint density at radius 1 is 1.29 bits per heavy atom. The van der Waals surface area contributed by atoms with E-state index in [1.54, 1.807) is 18.2 Å². The van der Waals surface area contributed by atoms with Gasteiger partial charge in [-0.1, -0.05) is 18.2 Å². The van der Waals surface area contributed by atoms with Crippen molar-refractivity contribution >= 4 is 17.2 Å². The number of hydrogen-bond donors (Lipinski definition) is 1. The number of hydrogen-bond acceptors (Lipinski definition) is 4. The molecule has 2 heterocycles. The van der Waals surface area contributed by atoms with Crippen molar-refractivity contribution < 1.29 is 13.6 Å². The minimum Gasteiger partial charge on any atom is -0.459 e. The van der Waals surface area contributed by atoms with Gasteiger partial charge in [-0.05, 0) is 37.1 Å². The van der Waals surface area contributed by atoms with Crippen LogP contribution in [-0.4, -0.2) is 17.4 Å². The highest BCUT2D eigenvalue weighted by Gasteiger charge is 2.11. The second kappa shape index (κ2) is 7.40. The third-order valence-electron chi connectivity index (χ3n) is 3.52. The molecule has 1 amide bonds. The Bertz CT molecular complexity index is 841. The molecule has 1 N–H and O–H groups in total. The lowest BCUT2D eigenvalue weighted by Crippen LogP contribution is -2.27. The van der Waals surface area contributed by atoms with Crippen molar-refractivity contribution in [3.63, 3.8) is 0 Å². The summed E-state index contributed by atoms with van der Waals surface area (Å²) >= 11 is 1.45. The molecule has 0 unspecified atom stereocenters. The van der Waals surface area contributed by atoms with Crippen molar-refractivity contribution in [2.45, 2.75) is 19.8 Å². The molecule has 0 bridgehead atoms. The summed E-state index contributed by atoms with van der Waals surface area (Å²) in [5.41, 5.74) is 1.30. The average Bonchev–Trinajstić information content (AvgIpc) is 3.18. The summed E-state index contributed by atoms with van der Waals surface area (Å²) in [6.07, 6.45) is 0.667. The number of furan rings is 1. The maximum Gasteiger partial charge on any atom is 0.226 e. The number of benzene rings is 1. The van der Waals surface area contributed by atoms with Crippen LogP contribution in [0.3, 0.4) is 0 Å². The van der Waals surface area contributed by atoms with Gasteiger partial charge in [0.1, 0.15) is 11.6 Å². The van der Waals surface area contributed by atoms with Crippen LogP contribution in [0, 0.1) is 12.7 Å². The van der Waals surface area contributed by atoms with Gasteiger partial charge in [0, 0.05) is 11.9 Å². The molecule has 0 aliphatic rings. The van der Waals surface area contributed by atoms with Crippen LogP contribution in [0.25, 0.3) is 10.8 Å². The minimum atomic E-state index is -0.246. The van der Waals surface area contributed by atoms with Gasteiger partial charge in [-0.3, -0.25) is 4.79 Å². The number of amides is 1. The highest BCUT2D eigenvalue weighted by atomic mass is 32.1. The summed E-state index contributed by atoms with van der Waals surface area (Å²) < 4.78 is 19.0. The lowest BCUT2D eigenvalue weighted by Gasteiger charge is -2.05. The Balaban J connectivity index is 1.50. The van der Waals surface area contributed by atoms with Gasteiger partial charge in [0.2, 0.25) is 5.91 Å². The summed E-state index contributed by atoms with van der Waals surface area (Å²) in [4.78, 5) is 16.4. The Hall–Kier alpha value is -2.47. The maximum atomic E-state index is 13.5. The van der Waals surface area contributed by atoms with Crippen LogP contribution >= 0.6 is 11.3 Å². The summed E-state index contributed by atoms with van der Waals surface area (Å²) in [6, 6.07) is 10.3. The van der Waals surface area contributed by atoms with Crippen LogP contribution in [0.15, 0.2) is 46.2 Å². The van der Waals surface area contributed by atoms with E-state index >= 15 is 0 Å². The number of nitrogens with zero attached hydrogens (tertiary/aromatic N) is 1. The molecule has 3 rings (SSSR count). The van der Waals surface area contributed by atoms with E-state index in [2.05, 4.69) is 10.3 Å². The summed E-state index contributed by atoms with van der Waals surface area (Å²) in [6.45, 7) is 2.27. The normalized spacial score (nSPS) is 10.8. The fraction of sp³-hybridized carbons (Fsp3) is 0.222. The standard InChI is InChI=1S/C18H17FN2O2S/c1-12-6-7-16(23-12)18-21-14(11-24-18)10-17(22)20-9-8-13-4-2-3-5-15(13)19/h2-7,11H,8-10H2,1H3,(H,20,22). The topological polar surface area (TPSA) is 55.1 Å². The number of aryl methyl sites for hydroxylation is 1. The Morgan fingerprint density at radius 3 is 2.88 bits per heavy atom. The Kier molecular flexibility index (Phi) is 5.05. The van der Waals surface area contributed by atoms with Crippen molar-refractivity contribution in [2.24, 2.45) is 0 Å². The smallest absolute Gasteiger partial charge is 0.226 e. The van der Waals surface area contributed by atoms with Gasteiger partial charge in [-0.15, -0.1) is 11.3 Å². The van der Waals surface area contributed by atoms with E-state index in [-0.39, 0.29) is 18.1 Å². The quantitative estimate of drug-likeness (QED) is 0.741. The number of nitrogens with one attached hydrogen (secondary N) is 1. The van der Waals surface area contributed by atoms with Gasteiger partial charge in [-0.25, -0.2) is 9.37 Å². The summed E-state index contributed by atoms with van der Waals surface area (Å²) in [7, 11) is 0. The molecular formula is C18H17FN2O2S. The molecular weight excluding hydrogens is 327 g/mol. The molecule has 0 aliphatic heterocycles. The van der Waals surface area contributed by atoms with Crippen LogP contribution in [0.4, 0.5) is 4.39 Å². The number of halogens is 1. The van der Waals surface area contributed by atoms with Crippen LogP contribution in [0.2, 0.25) is 0 Å². The second-order valence-corrected chi connectivity index (χ2v) is 6.28. The Labute approximate surface area is 143 Å². The molecule has 0 saturated carbocycles. The van der Waals surface area contributed by atoms with Crippen LogP contribution in [-0.2, 0) is 17.6 Å². The lowest BCUT2D eigenvalue weighted by molar-refractivity contribution is -0.120. The summed E-state index contributed by atoms with van der Waals surface area (Å²) in [5, 5.41) is 5.41. The van der Waals surface area contributed by atoms with E-state index in [1.165, 1.54) is 17.4 Å². The van der Waals surface area contributed by atoms with Crippen molar-refractivity contribution in [1.29, 1.82) is 0 Å². The van der Waals surface area contributed by atoms with Crippen LogP contribution in [0.5, 0.6) is 0 Å². The molecule has 0 radical (unpaired) electrons. The van der Waals surface area contributed by atoms with Gasteiger partial charge >= 0.3 is 0 Å². The SMILES string of the molecule is Cc1ccc(-c2nc(CC(=O)NCCc3ccccc3F)cs2)o1. The molecule has 2 aromatic heterocycles. The molecule has 0 atom stereocenters. The van der Waals surface area contributed by atoms with E-state index in [1.807, 2.05) is 24.4 Å². The van der Waals surface area contributed by atoms with E-state index in [0.29, 0.717) is 30.0 Å². The number of thiazole rings is 1. The zero-order valence-corrected chi connectivity index (χ0v) is 14.0. The molecule has 24 heavy (non-hydrogen) atoms.